The molecule has 0 spiro atoms. The number of nitrogens with zero attached hydrogens (tertiary/aromatic N) is 1. The van der Waals surface area contributed by atoms with Crippen LogP contribution < -0.4 is 5.32 Å². The summed E-state index contributed by atoms with van der Waals surface area (Å²) in [5.74, 6) is 0. The summed E-state index contributed by atoms with van der Waals surface area (Å²) in [6, 6.07) is 0.494. The third-order valence-corrected chi connectivity index (χ3v) is 2.94. The van der Waals surface area contributed by atoms with E-state index in [9.17, 15) is 4.79 Å². The highest BCUT2D eigenvalue weighted by molar-refractivity contribution is 5.68. The van der Waals surface area contributed by atoms with Crippen LogP contribution in [0, 0.1) is 0 Å². The van der Waals surface area contributed by atoms with E-state index < -0.39 is 5.60 Å². The standard InChI is InChI=1S/C13H26N2O3/c1-10(9-16)14-11-5-7-15(8-6-11)12(17)18-13(2,3)4/h10-11,14,16H,5-9H2,1-4H3. The predicted octanol–water partition coefficient (Wildman–Crippen LogP) is 1.36. The molecule has 1 heterocycles. The number of piperidine rings is 1. The molecule has 0 aromatic carbocycles. The van der Waals surface area contributed by atoms with Crippen LogP contribution in [0.5, 0.6) is 0 Å². The van der Waals surface area contributed by atoms with Crippen molar-refractivity contribution < 1.29 is 14.6 Å². The van der Waals surface area contributed by atoms with E-state index in [4.69, 9.17) is 9.84 Å². The molecule has 1 atom stereocenters. The van der Waals surface area contributed by atoms with Gasteiger partial charge in [0, 0.05) is 25.2 Å². The molecule has 1 amide bonds. The topological polar surface area (TPSA) is 61.8 Å². The normalized spacial score (nSPS) is 19.7. The van der Waals surface area contributed by atoms with Gasteiger partial charge in [0.2, 0.25) is 0 Å². The van der Waals surface area contributed by atoms with Crippen molar-refractivity contribution in [2.75, 3.05) is 19.7 Å². The minimum atomic E-state index is -0.433. The third kappa shape index (κ3) is 5.23. The van der Waals surface area contributed by atoms with Gasteiger partial charge in [0.25, 0.3) is 0 Å². The van der Waals surface area contributed by atoms with Gasteiger partial charge in [-0.3, -0.25) is 0 Å². The maximum absolute atomic E-state index is 11.8. The Kier molecular flexibility index (Phi) is 5.41. The molecule has 5 nitrogen and oxygen atoms in total. The monoisotopic (exact) mass is 258 g/mol. The Balaban J connectivity index is 2.33. The lowest BCUT2D eigenvalue weighted by molar-refractivity contribution is 0.0194. The molecule has 1 rings (SSSR count). The highest BCUT2D eigenvalue weighted by Crippen LogP contribution is 2.15. The lowest BCUT2D eigenvalue weighted by Gasteiger charge is -2.34. The number of carbonyl (C=O) groups excluding carboxylic acids is 1. The number of nitrogens with one attached hydrogen (secondary N) is 1. The second-order valence-electron chi connectivity index (χ2n) is 5.99. The summed E-state index contributed by atoms with van der Waals surface area (Å²) in [6.07, 6.45) is 1.59. The summed E-state index contributed by atoms with van der Waals surface area (Å²) in [6.45, 7) is 9.16. The zero-order chi connectivity index (χ0) is 13.8. The average Bonchev–Trinajstić information content (AvgIpc) is 2.27. The number of hydrogen-bond acceptors (Lipinski definition) is 4. The van der Waals surface area contributed by atoms with Crippen LogP contribution in [0.3, 0.4) is 0 Å². The van der Waals surface area contributed by atoms with Gasteiger partial charge in [0.1, 0.15) is 5.60 Å². The van der Waals surface area contributed by atoms with Crippen LogP contribution in [0.1, 0.15) is 40.5 Å². The van der Waals surface area contributed by atoms with E-state index in [0.29, 0.717) is 19.1 Å². The van der Waals surface area contributed by atoms with Gasteiger partial charge in [-0.05, 0) is 40.5 Å². The van der Waals surface area contributed by atoms with Crippen molar-refractivity contribution in [3.63, 3.8) is 0 Å². The van der Waals surface area contributed by atoms with Crippen molar-refractivity contribution in [2.24, 2.45) is 0 Å². The number of hydrogen-bond donors (Lipinski definition) is 2. The Morgan fingerprint density at radius 1 is 1.44 bits per heavy atom. The number of carbonyl (C=O) groups is 1. The van der Waals surface area contributed by atoms with Crippen LogP contribution in [0.15, 0.2) is 0 Å². The van der Waals surface area contributed by atoms with E-state index in [-0.39, 0.29) is 18.7 Å². The fraction of sp³-hybridized carbons (Fsp3) is 0.923. The van der Waals surface area contributed by atoms with Crippen LogP contribution in [-0.2, 0) is 4.74 Å². The van der Waals surface area contributed by atoms with Crippen LogP contribution in [0.4, 0.5) is 4.79 Å². The van der Waals surface area contributed by atoms with E-state index in [1.54, 1.807) is 4.90 Å². The van der Waals surface area contributed by atoms with Crippen molar-refractivity contribution in [3.05, 3.63) is 0 Å². The number of amides is 1. The molecule has 0 radical (unpaired) electrons. The van der Waals surface area contributed by atoms with Crippen LogP contribution in [0.2, 0.25) is 0 Å². The van der Waals surface area contributed by atoms with Crippen molar-refractivity contribution in [2.45, 2.75) is 58.2 Å². The minimum Gasteiger partial charge on any atom is -0.444 e. The van der Waals surface area contributed by atoms with E-state index >= 15 is 0 Å². The first-order valence-electron chi connectivity index (χ1n) is 6.66. The molecule has 0 saturated carbocycles. The molecule has 0 aromatic heterocycles. The molecule has 0 bridgehead atoms. The van der Waals surface area contributed by atoms with Crippen LogP contribution >= 0.6 is 0 Å². The molecule has 0 aliphatic carbocycles. The van der Waals surface area contributed by atoms with Crippen molar-refractivity contribution in [1.29, 1.82) is 0 Å². The number of rotatable bonds is 3. The molecule has 2 N–H and O–H groups in total. The average molecular weight is 258 g/mol. The van der Waals surface area contributed by atoms with Gasteiger partial charge in [0.05, 0.1) is 6.61 Å². The molecular weight excluding hydrogens is 232 g/mol. The Morgan fingerprint density at radius 3 is 2.44 bits per heavy atom. The first-order chi connectivity index (χ1) is 8.31. The van der Waals surface area contributed by atoms with E-state index in [1.807, 2.05) is 27.7 Å². The lowest BCUT2D eigenvalue weighted by atomic mass is 10.0. The Labute approximate surface area is 109 Å². The summed E-state index contributed by atoms with van der Waals surface area (Å²) < 4.78 is 5.34. The molecule has 18 heavy (non-hydrogen) atoms. The van der Waals surface area contributed by atoms with Gasteiger partial charge < -0.3 is 20.1 Å². The largest absolute Gasteiger partial charge is 0.444 e. The smallest absolute Gasteiger partial charge is 0.410 e. The van der Waals surface area contributed by atoms with E-state index in [1.165, 1.54) is 0 Å². The Bertz CT molecular complexity index is 268. The van der Waals surface area contributed by atoms with Crippen LogP contribution in [-0.4, -0.2) is 53.5 Å². The van der Waals surface area contributed by atoms with Crippen molar-refractivity contribution in [3.8, 4) is 0 Å². The molecular formula is C13H26N2O3. The minimum absolute atomic E-state index is 0.114. The second kappa shape index (κ2) is 6.38. The first kappa shape index (κ1) is 15.2. The highest BCUT2D eigenvalue weighted by atomic mass is 16.6. The van der Waals surface area contributed by atoms with E-state index in [0.717, 1.165) is 12.8 Å². The summed E-state index contributed by atoms with van der Waals surface area (Å²) in [5.41, 5.74) is -0.433. The molecule has 1 saturated heterocycles. The number of likely N-dealkylation sites (tertiary alicyclic amines) is 1. The summed E-state index contributed by atoms with van der Waals surface area (Å²) >= 11 is 0. The second-order valence-corrected chi connectivity index (χ2v) is 5.99. The quantitative estimate of drug-likeness (QED) is 0.802. The highest BCUT2D eigenvalue weighted by Gasteiger charge is 2.27. The van der Waals surface area contributed by atoms with Gasteiger partial charge in [-0.2, -0.15) is 0 Å². The molecule has 1 fully saturated rings. The van der Waals surface area contributed by atoms with Gasteiger partial charge in [-0.15, -0.1) is 0 Å². The zero-order valence-electron chi connectivity index (χ0n) is 11.9. The molecule has 5 heteroatoms. The number of ether oxygens (including phenoxy) is 1. The third-order valence-electron chi connectivity index (χ3n) is 2.94. The lowest BCUT2D eigenvalue weighted by Crippen LogP contribution is -2.48. The predicted molar refractivity (Wildman–Crippen MR) is 70.5 cm³/mol. The number of aliphatic hydroxyl groups excluding tert-OH is 1. The molecule has 1 unspecified atom stereocenters. The first-order valence-corrected chi connectivity index (χ1v) is 6.66. The molecule has 1 aliphatic heterocycles. The van der Waals surface area contributed by atoms with Crippen molar-refractivity contribution in [1.82, 2.24) is 10.2 Å². The van der Waals surface area contributed by atoms with Crippen molar-refractivity contribution >= 4 is 6.09 Å². The van der Waals surface area contributed by atoms with Gasteiger partial charge in [-0.25, -0.2) is 4.79 Å². The molecule has 1 aliphatic rings. The fourth-order valence-electron chi connectivity index (χ4n) is 2.01. The summed E-state index contributed by atoms with van der Waals surface area (Å²) in [5, 5.41) is 12.3. The summed E-state index contributed by atoms with van der Waals surface area (Å²) in [7, 11) is 0. The zero-order valence-corrected chi connectivity index (χ0v) is 11.9. The van der Waals surface area contributed by atoms with Gasteiger partial charge >= 0.3 is 6.09 Å². The SMILES string of the molecule is CC(CO)NC1CCN(C(=O)OC(C)(C)C)CC1. The fourth-order valence-corrected chi connectivity index (χ4v) is 2.01. The maximum Gasteiger partial charge on any atom is 0.410 e. The van der Waals surface area contributed by atoms with Gasteiger partial charge in [-0.1, -0.05) is 0 Å². The van der Waals surface area contributed by atoms with E-state index in [2.05, 4.69) is 5.32 Å². The summed E-state index contributed by atoms with van der Waals surface area (Å²) in [4.78, 5) is 13.6. The van der Waals surface area contributed by atoms with Gasteiger partial charge in [0.15, 0.2) is 0 Å². The molecule has 0 aromatic rings. The Morgan fingerprint density at radius 2 is 2.00 bits per heavy atom. The maximum atomic E-state index is 11.8. The Hall–Kier alpha value is -0.810. The molecule has 106 valence electrons. The number of aliphatic hydroxyl groups is 1. The van der Waals surface area contributed by atoms with Crippen LogP contribution in [0.25, 0.3) is 0 Å².